The molecule has 2 heterocycles. The van der Waals surface area contributed by atoms with E-state index in [0.29, 0.717) is 17.7 Å². The predicted molar refractivity (Wildman–Crippen MR) is 136 cm³/mol. The summed E-state index contributed by atoms with van der Waals surface area (Å²) in [5, 5.41) is 1.75. The SMILES string of the molecule is Cl.O=C1c2cccc3cccc(c23)C(=O)N1CCCCCN1CC=C(c2ccccc2)CC1. The predicted octanol–water partition coefficient (Wildman–Crippen LogP) is 5.82. The Morgan fingerprint density at radius 3 is 2.03 bits per heavy atom. The second-order valence-electron chi connectivity index (χ2n) is 8.68. The molecule has 0 aliphatic carbocycles. The third kappa shape index (κ3) is 4.73. The van der Waals surface area contributed by atoms with Gasteiger partial charge in [0.1, 0.15) is 0 Å². The molecule has 33 heavy (non-hydrogen) atoms. The van der Waals surface area contributed by atoms with Gasteiger partial charge in [-0.2, -0.15) is 0 Å². The van der Waals surface area contributed by atoms with Crippen LogP contribution in [0.5, 0.6) is 0 Å². The van der Waals surface area contributed by atoms with Crippen LogP contribution < -0.4 is 0 Å². The molecule has 2 aliphatic heterocycles. The molecule has 3 aromatic carbocycles. The van der Waals surface area contributed by atoms with E-state index >= 15 is 0 Å². The number of benzene rings is 3. The summed E-state index contributed by atoms with van der Waals surface area (Å²) in [6.07, 6.45) is 6.37. The molecular formula is C28H29ClN2O2. The zero-order valence-corrected chi connectivity index (χ0v) is 19.5. The maximum absolute atomic E-state index is 13.0. The van der Waals surface area contributed by atoms with Crippen molar-refractivity contribution in [3.8, 4) is 0 Å². The van der Waals surface area contributed by atoms with Crippen molar-refractivity contribution < 1.29 is 9.59 Å². The molecule has 3 aromatic rings. The lowest BCUT2D eigenvalue weighted by molar-refractivity contribution is 0.0607. The van der Waals surface area contributed by atoms with Gasteiger partial charge in [0, 0.05) is 36.1 Å². The summed E-state index contributed by atoms with van der Waals surface area (Å²) in [7, 11) is 0. The van der Waals surface area contributed by atoms with E-state index in [1.807, 2.05) is 36.4 Å². The average Bonchev–Trinajstić information content (AvgIpc) is 2.85. The van der Waals surface area contributed by atoms with Crippen LogP contribution in [-0.2, 0) is 0 Å². The second-order valence-corrected chi connectivity index (χ2v) is 8.68. The van der Waals surface area contributed by atoms with Crippen molar-refractivity contribution in [2.75, 3.05) is 26.2 Å². The van der Waals surface area contributed by atoms with Gasteiger partial charge in [-0.1, -0.05) is 67.1 Å². The third-order valence-electron chi connectivity index (χ3n) is 6.65. The van der Waals surface area contributed by atoms with Crippen molar-refractivity contribution in [2.24, 2.45) is 0 Å². The molecule has 2 aliphatic rings. The first-order valence-corrected chi connectivity index (χ1v) is 11.6. The Kier molecular flexibility index (Phi) is 7.26. The third-order valence-corrected chi connectivity index (χ3v) is 6.65. The van der Waals surface area contributed by atoms with Crippen LogP contribution in [0.25, 0.3) is 16.3 Å². The van der Waals surface area contributed by atoms with E-state index in [-0.39, 0.29) is 24.2 Å². The number of carbonyl (C=O) groups is 2. The number of halogens is 1. The van der Waals surface area contributed by atoms with Crippen LogP contribution in [-0.4, -0.2) is 47.8 Å². The van der Waals surface area contributed by atoms with Gasteiger partial charge < -0.3 is 0 Å². The average molecular weight is 461 g/mol. The highest BCUT2D eigenvalue weighted by atomic mass is 35.5. The number of hydrogen-bond donors (Lipinski definition) is 0. The number of imide groups is 1. The first-order valence-electron chi connectivity index (χ1n) is 11.6. The first-order chi connectivity index (χ1) is 15.7. The van der Waals surface area contributed by atoms with Gasteiger partial charge in [-0.25, -0.2) is 0 Å². The molecule has 0 saturated carbocycles. The van der Waals surface area contributed by atoms with E-state index in [1.54, 1.807) is 0 Å². The largest absolute Gasteiger partial charge is 0.299 e. The van der Waals surface area contributed by atoms with Crippen molar-refractivity contribution in [3.05, 3.63) is 89.5 Å². The monoisotopic (exact) mass is 460 g/mol. The van der Waals surface area contributed by atoms with Crippen LogP contribution >= 0.6 is 12.4 Å². The van der Waals surface area contributed by atoms with Gasteiger partial charge in [0.05, 0.1) is 0 Å². The Balaban J connectivity index is 0.00000259. The van der Waals surface area contributed by atoms with Gasteiger partial charge in [-0.15, -0.1) is 12.4 Å². The zero-order chi connectivity index (χ0) is 21.9. The van der Waals surface area contributed by atoms with Crippen molar-refractivity contribution in [1.29, 1.82) is 0 Å². The van der Waals surface area contributed by atoms with E-state index in [9.17, 15) is 9.59 Å². The molecule has 4 nitrogen and oxygen atoms in total. The van der Waals surface area contributed by atoms with Crippen LogP contribution in [0.4, 0.5) is 0 Å². The summed E-state index contributed by atoms with van der Waals surface area (Å²) in [5.74, 6) is -0.317. The molecule has 5 heteroatoms. The molecule has 0 aromatic heterocycles. The van der Waals surface area contributed by atoms with Crippen LogP contribution in [0.15, 0.2) is 72.8 Å². The summed E-state index contributed by atoms with van der Waals surface area (Å²) >= 11 is 0. The van der Waals surface area contributed by atoms with Gasteiger partial charge in [0.15, 0.2) is 0 Å². The minimum Gasteiger partial charge on any atom is -0.299 e. The topological polar surface area (TPSA) is 40.6 Å². The molecule has 2 amide bonds. The molecule has 5 rings (SSSR count). The summed E-state index contributed by atoms with van der Waals surface area (Å²) < 4.78 is 0. The summed E-state index contributed by atoms with van der Waals surface area (Å²) in [6.45, 7) is 3.63. The lowest BCUT2D eigenvalue weighted by Crippen LogP contribution is -2.40. The molecule has 0 atom stereocenters. The Bertz CT molecular complexity index is 1140. The van der Waals surface area contributed by atoms with Crippen LogP contribution in [0.3, 0.4) is 0 Å². The quantitative estimate of drug-likeness (QED) is 0.329. The van der Waals surface area contributed by atoms with Gasteiger partial charge >= 0.3 is 0 Å². The lowest BCUT2D eigenvalue weighted by atomic mass is 9.94. The van der Waals surface area contributed by atoms with E-state index in [0.717, 1.165) is 56.1 Å². The van der Waals surface area contributed by atoms with Crippen LogP contribution in [0.2, 0.25) is 0 Å². The fourth-order valence-electron chi connectivity index (χ4n) is 4.89. The number of unbranched alkanes of at least 4 members (excludes halogenated alkanes) is 2. The van der Waals surface area contributed by atoms with E-state index in [4.69, 9.17) is 0 Å². The number of nitrogens with zero attached hydrogens (tertiary/aromatic N) is 2. The number of amides is 2. The van der Waals surface area contributed by atoms with Gasteiger partial charge in [-0.3, -0.25) is 19.4 Å². The Hall–Kier alpha value is -2.95. The number of carbonyl (C=O) groups excluding carboxylic acids is 2. The second kappa shape index (κ2) is 10.3. The standard InChI is InChI=1S/C28H28N2O2.ClH/c31-27-24-13-7-11-23-12-8-14-25(26(23)24)28(32)30(27)18-6-2-5-17-29-19-15-22(16-20-29)21-9-3-1-4-10-21;/h1,3-4,7-15H,2,5-6,16-20H2;1H. The van der Waals surface area contributed by atoms with Crippen molar-refractivity contribution in [2.45, 2.75) is 25.7 Å². The fourth-order valence-corrected chi connectivity index (χ4v) is 4.89. The number of hydrogen-bond acceptors (Lipinski definition) is 3. The van der Waals surface area contributed by atoms with Crippen LogP contribution in [0.1, 0.15) is 52.0 Å². The maximum atomic E-state index is 13.0. The maximum Gasteiger partial charge on any atom is 0.261 e. The molecule has 0 spiro atoms. The molecule has 0 bridgehead atoms. The molecule has 0 radical (unpaired) electrons. The molecule has 0 N–H and O–H groups in total. The van der Waals surface area contributed by atoms with Crippen LogP contribution in [0, 0.1) is 0 Å². The first kappa shape index (κ1) is 23.2. The Morgan fingerprint density at radius 1 is 0.727 bits per heavy atom. The van der Waals surface area contributed by atoms with Gasteiger partial charge in [-0.05, 0) is 54.5 Å². The highest BCUT2D eigenvalue weighted by Crippen LogP contribution is 2.30. The molecule has 170 valence electrons. The van der Waals surface area contributed by atoms with Gasteiger partial charge in [0.2, 0.25) is 0 Å². The lowest BCUT2D eigenvalue weighted by Gasteiger charge is -2.28. The summed E-state index contributed by atoms with van der Waals surface area (Å²) in [4.78, 5) is 29.8. The van der Waals surface area contributed by atoms with Crippen molar-refractivity contribution >= 4 is 40.6 Å². The van der Waals surface area contributed by atoms with E-state index in [2.05, 4.69) is 41.3 Å². The van der Waals surface area contributed by atoms with Gasteiger partial charge in [0.25, 0.3) is 11.8 Å². The smallest absolute Gasteiger partial charge is 0.261 e. The molecular weight excluding hydrogens is 432 g/mol. The van der Waals surface area contributed by atoms with E-state index in [1.165, 1.54) is 16.0 Å². The molecule has 0 saturated heterocycles. The Labute approximate surface area is 201 Å². The van der Waals surface area contributed by atoms with Crippen molar-refractivity contribution in [3.63, 3.8) is 0 Å². The highest BCUT2D eigenvalue weighted by Gasteiger charge is 2.32. The summed E-state index contributed by atoms with van der Waals surface area (Å²) in [6, 6.07) is 22.0. The molecule has 0 unspecified atom stereocenters. The minimum atomic E-state index is -0.158. The summed E-state index contributed by atoms with van der Waals surface area (Å²) in [5.41, 5.74) is 4.07. The highest BCUT2D eigenvalue weighted by molar-refractivity contribution is 6.25. The van der Waals surface area contributed by atoms with Crippen molar-refractivity contribution in [1.82, 2.24) is 9.80 Å². The molecule has 0 fully saturated rings. The minimum absolute atomic E-state index is 0. The zero-order valence-electron chi connectivity index (χ0n) is 18.7. The number of rotatable bonds is 7. The Morgan fingerprint density at radius 2 is 1.39 bits per heavy atom. The fraction of sp³-hybridized carbons (Fsp3) is 0.286. The van der Waals surface area contributed by atoms with E-state index < -0.39 is 0 Å². The normalized spacial score (nSPS) is 16.0.